The maximum atomic E-state index is 12.3. The van der Waals surface area contributed by atoms with Gasteiger partial charge in [-0.2, -0.15) is 0 Å². The van der Waals surface area contributed by atoms with Crippen molar-refractivity contribution in [3.63, 3.8) is 0 Å². The fourth-order valence-electron chi connectivity index (χ4n) is 2.23. The maximum Gasteiger partial charge on any atom is 0.274 e. The number of carbonyl (C=O) groups is 1. The van der Waals surface area contributed by atoms with Gasteiger partial charge in [-0.3, -0.25) is 4.79 Å². The molecule has 0 atom stereocenters. The summed E-state index contributed by atoms with van der Waals surface area (Å²) in [5, 5.41) is 6.41. The van der Waals surface area contributed by atoms with Gasteiger partial charge in [0, 0.05) is 12.6 Å². The quantitative estimate of drug-likeness (QED) is 0.718. The summed E-state index contributed by atoms with van der Waals surface area (Å²) in [4.78, 5) is 20.5. The highest BCUT2D eigenvalue weighted by atomic mass is 35.5. The second-order valence-electron chi connectivity index (χ2n) is 5.56. The van der Waals surface area contributed by atoms with Crippen molar-refractivity contribution in [2.45, 2.75) is 13.5 Å². The van der Waals surface area contributed by atoms with Gasteiger partial charge in [0.15, 0.2) is 0 Å². The number of benzene rings is 2. The third kappa shape index (κ3) is 4.55. The number of para-hydroxylation sites is 1. The molecular formula is C19H17ClN4O. The number of anilines is 2. The van der Waals surface area contributed by atoms with Gasteiger partial charge in [0.1, 0.15) is 17.8 Å². The van der Waals surface area contributed by atoms with Gasteiger partial charge in [-0.05, 0) is 24.6 Å². The predicted octanol–water partition coefficient (Wildman–Crippen LogP) is 4.30. The van der Waals surface area contributed by atoms with E-state index in [-0.39, 0.29) is 11.6 Å². The van der Waals surface area contributed by atoms with Gasteiger partial charge in [0.25, 0.3) is 5.91 Å². The lowest BCUT2D eigenvalue weighted by Gasteiger charge is -2.09. The van der Waals surface area contributed by atoms with Crippen molar-refractivity contribution < 1.29 is 4.79 Å². The molecule has 0 spiro atoms. The molecular weight excluding hydrogens is 336 g/mol. The molecule has 1 aromatic heterocycles. The number of halogens is 1. The standard InChI is InChI=1S/C19H17ClN4O/c1-13-6-8-14(9-7-13)11-21-18-10-17(22-12-23-18)19(25)24-16-5-3-2-4-15(16)20/h2-10,12H,11H2,1H3,(H,24,25)(H,21,22,23). The Labute approximate surface area is 151 Å². The van der Waals surface area contributed by atoms with Gasteiger partial charge < -0.3 is 10.6 Å². The fraction of sp³-hybridized carbons (Fsp3) is 0.105. The molecule has 2 N–H and O–H groups in total. The summed E-state index contributed by atoms with van der Waals surface area (Å²) in [6.07, 6.45) is 1.36. The van der Waals surface area contributed by atoms with E-state index in [1.807, 2.05) is 6.92 Å². The lowest BCUT2D eigenvalue weighted by molar-refractivity contribution is 0.102. The number of hydrogen-bond acceptors (Lipinski definition) is 4. The lowest BCUT2D eigenvalue weighted by atomic mass is 10.1. The molecule has 2 aromatic carbocycles. The van der Waals surface area contributed by atoms with Gasteiger partial charge in [-0.25, -0.2) is 9.97 Å². The van der Waals surface area contributed by atoms with Crippen molar-refractivity contribution in [2.75, 3.05) is 10.6 Å². The highest BCUT2D eigenvalue weighted by molar-refractivity contribution is 6.33. The zero-order chi connectivity index (χ0) is 17.6. The van der Waals surface area contributed by atoms with E-state index in [0.717, 1.165) is 5.56 Å². The number of rotatable bonds is 5. The van der Waals surface area contributed by atoms with Crippen LogP contribution < -0.4 is 10.6 Å². The van der Waals surface area contributed by atoms with Crippen LogP contribution in [0.25, 0.3) is 0 Å². The molecule has 5 nitrogen and oxygen atoms in total. The van der Waals surface area contributed by atoms with Crippen molar-refractivity contribution in [2.24, 2.45) is 0 Å². The maximum absolute atomic E-state index is 12.3. The van der Waals surface area contributed by atoms with Crippen LogP contribution in [-0.2, 0) is 6.54 Å². The van der Waals surface area contributed by atoms with E-state index < -0.39 is 0 Å². The second-order valence-corrected chi connectivity index (χ2v) is 5.97. The number of carbonyl (C=O) groups excluding carboxylic acids is 1. The highest BCUT2D eigenvalue weighted by Gasteiger charge is 2.10. The summed E-state index contributed by atoms with van der Waals surface area (Å²) in [5.74, 6) is 0.244. The first kappa shape index (κ1) is 16.9. The van der Waals surface area contributed by atoms with Gasteiger partial charge in [0.05, 0.1) is 10.7 Å². The highest BCUT2D eigenvalue weighted by Crippen LogP contribution is 2.21. The minimum Gasteiger partial charge on any atom is -0.366 e. The Bertz CT molecular complexity index is 881. The molecule has 0 aliphatic heterocycles. The van der Waals surface area contributed by atoms with E-state index in [4.69, 9.17) is 11.6 Å². The van der Waals surface area contributed by atoms with Crippen LogP contribution in [0, 0.1) is 6.92 Å². The molecule has 6 heteroatoms. The van der Waals surface area contributed by atoms with Crippen LogP contribution in [0.4, 0.5) is 11.5 Å². The van der Waals surface area contributed by atoms with Gasteiger partial charge in [0.2, 0.25) is 0 Å². The molecule has 1 amide bonds. The zero-order valence-electron chi connectivity index (χ0n) is 13.7. The zero-order valence-corrected chi connectivity index (χ0v) is 14.4. The molecule has 0 aliphatic rings. The van der Waals surface area contributed by atoms with E-state index in [1.165, 1.54) is 11.9 Å². The third-order valence-electron chi connectivity index (χ3n) is 3.62. The molecule has 0 aliphatic carbocycles. The molecule has 0 radical (unpaired) electrons. The van der Waals surface area contributed by atoms with Crippen molar-refractivity contribution >= 4 is 29.0 Å². The first-order valence-corrected chi connectivity index (χ1v) is 8.17. The van der Waals surface area contributed by atoms with Crippen molar-refractivity contribution in [3.05, 3.63) is 82.8 Å². The summed E-state index contributed by atoms with van der Waals surface area (Å²) in [7, 11) is 0. The Morgan fingerprint density at radius 3 is 2.60 bits per heavy atom. The van der Waals surface area contributed by atoms with Crippen LogP contribution in [-0.4, -0.2) is 15.9 Å². The van der Waals surface area contributed by atoms with Crippen LogP contribution in [0.15, 0.2) is 60.9 Å². The summed E-state index contributed by atoms with van der Waals surface area (Å²) >= 11 is 6.06. The first-order valence-electron chi connectivity index (χ1n) is 7.79. The number of amides is 1. The Kier molecular flexibility index (Phi) is 5.26. The molecule has 3 rings (SSSR count). The normalized spacial score (nSPS) is 10.3. The molecule has 126 valence electrons. The minimum absolute atomic E-state index is 0.265. The van der Waals surface area contributed by atoms with Crippen LogP contribution in [0.2, 0.25) is 5.02 Å². The van der Waals surface area contributed by atoms with E-state index in [0.29, 0.717) is 23.1 Å². The molecule has 0 saturated heterocycles. The van der Waals surface area contributed by atoms with Crippen LogP contribution >= 0.6 is 11.6 Å². The number of nitrogens with one attached hydrogen (secondary N) is 2. The number of aryl methyl sites for hydroxylation is 1. The SMILES string of the molecule is Cc1ccc(CNc2cc(C(=O)Nc3ccccc3Cl)ncn2)cc1. The smallest absolute Gasteiger partial charge is 0.274 e. The number of hydrogen-bond donors (Lipinski definition) is 2. The summed E-state index contributed by atoms with van der Waals surface area (Å²) in [5.41, 5.74) is 3.15. The van der Waals surface area contributed by atoms with Crippen molar-refractivity contribution in [1.29, 1.82) is 0 Å². The van der Waals surface area contributed by atoms with E-state index in [1.54, 1.807) is 30.3 Å². The Morgan fingerprint density at radius 2 is 1.84 bits per heavy atom. The van der Waals surface area contributed by atoms with Crippen LogP contribution in [0.1, 0.15) is 21.6 Å². The molecule has 0 unspecified atom stereocenters. The summed E-state index contributed by atoms with van der Waals surface area (Å²) < 4.78 is 0. The molecule has 25 heavy (non-hydrogen) atoms. The second kappa shape index (κ2) is 7.77. The molecule has 1 heterocycles. The summed E-state index contributed by atoms with van der Waals surface area (Å²) in [6.45, 7) is 2.66. The third-order valence-corrected chi connectivity index (χ3v) is 3.95. The monoisotopic (exact) mass is 352 g/mol. The fourth-order valence-corrected chi connectivity index (χ4v) is 2.41. The predicted molar refractivity (Wildman–Crippen MR) is 99.9 cm³/mol. The molecule has 0 bridgehead atoms. The van der Waals surface area contributed by atoms with Crippen molar-refractivity contribution in [3.8, 4) is 0 Å². The largest absolute Gasteiger partial charge is 0.366 e. The van der Waals surface area contributed by atoms with Gasteiger partial charge >= 0.3 is 0 Å². The topological polar surface area (TPSA) is 66.9 Å². The Hall–Kier alpha value is -2.92. The van der Waals surface area contributed by atoms with Crippen LogP contribution in [0.5, 0.6) is 0 Å². The molecule has 0 fully saturated rings. The minimum atomic E-state index is -0.339. The number of nitrogens with zero attached hydrogens (tertiary/aromatic N) is 2. The summed E-state index contributed by atoms with van der Waals surface area (Å²) in [6, 6.07) is 16.9. The Balaban J connectivity index is 1.67. The first-order chi connectivity index (χ1) is 12.1. The Morgan fingerprint density at radius 1 is 1.08 bits per heavy atom. The lowest BCUT2D eigenvalue weighted by Crippen LogP contribution is -2.15. The van der Waals surface area contributed by atoms with Crippen LogP contribution in [0.3, 0.4) is 0 Å². The van der Waals surface area contributed by atoms with Gasteiger partial charge in [-0.1, -0.05) is 53.6 Å². The van der Waals surface area contributed by atoms with Gasteiger partial charge in [-0.15, -0.1) is 0 Å². The van der Waals surface area contributed by atoms with E-state index in [2.05, 4.69) is 44.9 Å². The van der Waals surface area contributed by atoms with E-state index in [9.17, 15) is 4.79 Å². The van der Waals surface area contributed by atoms with Crippen molar-refractivity contribution in [1.82, 2.24) is 9.97 Å². The molecule has 3 aromatic rings. The van der Waals surface area contributed by atoms with E-state index >= 15 is 0 Å². The average Bonchev–Trinajstić information content (AvgIpc) is 2.63. The average molecular weight is 353 g/mol. The number of aromatic nitrogens is 2. The molecule has 0 saturated carbocycles.